The molecule has 0 unspecified atom stereocenters. The van der Waals surface area contributed by atoms with Crippen molar-refractivity contribution in [1.29, 1.82) is 0 Å². The lowest BCUT2D eigenvalue weighted by atomic mass is 10.3. The van der Waals surface area contributed by atoms with Crippen LogP contribution in [-0.2, 0) is 10.0 Å². The Hall–Kier alpha value is -2.08. The molecule has 0 fully saturated rings. The normalized spacial score (nSPS) is 10.9. The molecule has 18 heavy (non-hydrogen) atoms. The summed E-state index contributed by atoms with van der Waals surface area (Å²) in [5.41, 5.74) is 0. The molecule has 0 atom stereocenters. The average Bonchev–Trinajstić information content (AvgIpc) is 2.31. The highest BCUT2D eigenvalue weighted by atomic mass is 32.2. The van der Waals surface area contributed by atoms with Crippen LogP contribution in [0.25, 0.3) is 0 Å². The molecule has 0 radical (unpaired) electrons. The number of benzene rings is 1. The van der Waals surface area contributed by atoms with Gasteiger partial charge in [0.05, 0.1) is 12.5 Å². The summed E-state index contributed by atoms with van der Waals surface area (Å²) in [5.74, 6) is 1.50. The van der Waals surface area contributed by atoms with Crippen LogP contribution in [0.1, 0.15) is 0 Å². The van der Waals surface area contributed by atoms with Crippen molar-refractivity contribution < 1.29 is 13.2 Å². The molecule has 1 aromatic heterocycles. The number of para-hydroxylation sites is 1. The molecule has 0 aliphatic rings. The van der Waals surface area contributed by atoms with Gasteiger partial charge in [-0.1, -0.05) is 18.2 Å². The molecule has 0 bridgehead atoms. The predicted octanol–water partition coefficient (Wildman–Crippen LogP) is 2.25. The summed E-state index contributed by atoms with van der Waals surface area (Å²) in [6.45, 7) is 0. The molecular formula is C12H12N2O3S. The van der Waals surface area contributed by atoms with Crippen LogP contribution in [-0.4, -0.2) is 19.7 Å². The number of nitrogens with one attached hydrogen (secondary N) is 1. The van der Waals surface area contributed by atoms with Gasteiger partial charge in [-0.3, -0.25) is 4.72 Å². The predicted molar refractivity (Wildman–Crippen MR) is 69.2 cm³/mol. The number of aromatic nitrogens is 1. The van der Waals surface area contributed by atoms with E-state index >= 15 is 0 Å². The van der Waals surface area contributed by atoms with Crippen molar-refractivity contribution in [3.63, 3.8) is 0 Å². The van der Waals surface area contributed by atoms with E-state index in [1.165, 1.54) is 6.20 Å². The van der Waals surface area contributed by atoms with Crippen LogP contribution >= 0.6 is 0 Å². The third kappa shape index (κ3) is 3.74. The Balaban J connectivity index is 2.09. The lowest BCUT2D eigenvalue weighted by Crippen LogP contribution is -2.10. The van der Waals surface area contributed by atoms with Crippen molar-refractivity contribution in [1.82, 2.24) is 4.98 Å². The average molecular weight is 264 g/mol. The molecule has 2 aromatic rings. The Morgan fingerprint density at radius 2 is 1.78 bits per heavy atom. The Labute approximate surface area is 105 Å². The van der Waals surface area contributed by atoms with Crippen LogP contribution in [0.4, 0.5) is 5.82 Å². The fraction of sp³-hybridized carbons (Fsp3) is 0.0833. The second kappa shape index (κ2) is 5.05. The molecule has 1 aromatic carbocycles. The standard InChI is InChI=1S/C12H12N2O3S/c1-18(15,16)14-12-8-7-11(9-13-12)17-10-5-3-2-4-6-10/h2-9H,1H3,(H,13,14). The zero-order chi connectivity index (χ0) is 13.0. The Bertz CT molecular complexity index is 610. The molecule has 0 aliphatic heterocycles. The summed E-state index contributed by atoms with van der Waals surface area (Å²) in [5, 5.41) is 0. The summed E-state index contributed by atoms with van der Waals surface area (Å²) in [6.07, 6.45) is 2.53. The molecule has 0 aliphatic carbocycles. The largest absolute Gasteiger partial charge is 0.456 e. The molecule has 6 heteroatoms. The van der Waals surface area contributed by atoms with E-state index in [-0.39, 0.29) is 5.82 Å². The molecule has 1 heterocycles. The van der Waals surface area contributed by atoms with Crippen molar-refractivity contribution >= 4 is 15.8 Å². The fourth-order valence-corrected chi connectivity index (χ4v) is 1.82. The van der Waals surface area contributed by atoms with Crippen LogP contribution in [0.5, 0.6) is 11.5 Å². The van der Waals surface area contributed by atoms with E-state index in [1.54, 1.807) is 12.1 Å². The minimum Gasteiger partial charge on any atom is -0.456 e. The summed E-state index contributed by atoms with van der Waals surface area (Å²) >= 11 is 0. The van der Waals surface area contributed by atoms with E-state index in [0.29, 0.717) is 11.5 Å². The van der Waals surface area contributed by atoms with E-state index in [2.05, 4.69) is 9.71 Å². The molecule has 0 amide bonds. The van der Waals surface area contributed by atoms with Gasteiger partial charge in [-0.25, -0.2) is 13.4 Å². The van der Waals surface area contributed by atoms with Crippen LogP contribution in [0.15, 0.2) is 48.7 Å². The SMILES string of the molecule is CS(=O)(=O)Nc1ccc(Oc2ccccc2)cn1. The first-order valence-electron chi connectivity index (χ1n) is 5.20. The highest BCUT2D eigenvalue weighted by molar-refractivity contribution is 7.92. The van der Waals surface area contributed by atoms with Gasteiger partial charge in [0.25, 0.3) is 0 Å². The third-order valence-corrected chi connectivity index (χ3v) is 2.59. The van der Waals surface area contributed by atoms with Crippen LogP contribution in [0, 0.1) is 0 Å². The third-order valence-electron chi connectivity index (χ3n) is 2.01. The maximum absolute atomic E-state index is 11.0. The zero-order valence-electron chi connectivity index (χ0n) is 9.70. The monoisotopic (exact) mass is 264 g/mol. The van der Waals surface area contributed by atoms with Crippen molar-refractivity contribution in [3.05, 3.63) is 48.7 Å². The minimum absolute atomic E-state index is 0.262. The van der Waals surface area contributed by atoms with Crippen LogP contribution in [0.3, 0.4) is 0 Å². The second-order valence-corrected chi connectivity index (χ2v) is 5.42. The lowest BCUT2D eigenvalue weighted by Gasteiger charge is -2.06. The molecule has 0 spiro atoms. The Kier molecular flexibility index (Phi) is 3.47. The van der Waals surface area contributed by atoms with Crippen molar-refractivity contribution in [2.75, 3.05) is 11.0 Å². The van der Waals surface area contributed by atoms with Gasteiger partial charge < -0.3 is 4.74 Å². The number of hydrogen-bond donors (Lipinski definition) is 1. The molecule has 2 rings (SSSR count). The number of ether oxygens (including phenoxy) is 1. The van der Waals surface area contributed by atoms with E-state index in [9.17, 15) is 8.42 Å². The molecule has 5 nitrogen and oxygen atoms in total. The Morgan fingerprint density at radius 3 is 2.33 bits per heavy atom. The van der Waals surface area contributed by atoms with Gasteiger partial charge in [-0.15, -0.1) is 0 Å². The highest BCUT2D eigenvalue weighted by Crippen LogP contribution is 2.20. The van der Waals surface area contributed by atoms with Gasteiger partial charge >= 0.3 is 0 Å². The maximum Gasteiger partial charge on any atom is 0.230 e. The number of hydrogen-bond acceptors (Lipinski definition) is 4. The summed E-state index contributed by atoms with van der Waals surface area (Å²) in [7, 11) is -3.30. The maximum atomic E-state index is 11.0. The summed E-state index contributed by atoms with van der Waals surface area (Å²) in [6, 6.07) is 12.5. The van der Waals surface area contributed by atoms with E-state index < -0.39 is 10.0 Å². The van der Waals surface area contributed by atoms with Crippen molar-refractivity contribution in [2.24, 2.45) is 0 Å². The number of sulfonamides is 1. The summed E-state index contributed by atoms with van der Waals surface area (Å²) < 4.78 is 29.8. The Morgan fingerprint density at radius 1 is 1.06 bits per heavy atom. The van der Waals surface area contributed by atoms with Crippen LogP contribution < -0.4 is 9.46 Å². The zero-order valence-corrected chi connectivity index (χ0v) is 10.5. The van der Waals surface area contributed by atoms with Gasteiger partial charge in [0, 0.05) is 0 Å². The molecule has 1 N–H and O–H groups in total. The minimum atomic E-state index is -3.30. The number of anilines is 1. The van der Waals surface area contributed by atoms with Gasteiger partial charge in [0.2, 0.25) is 10.0 Å². The van der Waals surface area contributed by atoms with Gasteiger partial charge in [0.1, 0.15) is 17.3 Å². The van der Waals surface area contributed by atoms with Gasteiger partial charge in [0.15, 0.2) is 0 Å². The first-order valence-corrected chi connectivity index (χ1v) is 7.09. The lowest BCUT2D eigenvalue weighted by molar-refractivity contribution is 0.480. The smallest absolute Gasteiger partial charge is 0.230 e. The first kappa shape index (κ1) is 12.4. The quantitative estimate of drug-likeness (QED) is 0.919. The summed E-state index contributed by atoms with van der Waals surface area (Å²) in [4.78, 5) is 3.94. The van der Waals surface area contributed by atoms with E-state index in [4.69, 9.17) is 4.74 Å². The number of rotatable bonds is 4. The van der Waals surface area contributed by atoms with Crippen LogP contribution in [0.2, 0.25) is 0 Å². The second-order valence-electron chi connectivity index (χ2n) is 3.67. The van der Waals surface area contributed by atoms with Crippen molar-refractivity contribution in [2.45, 2.75) is 0 Å². The fourth-order valence-electron chi connectivity index (χ4n) is 1.32. The highest BCUT2D eigenvalue weighted by Gasteiger charge is 2.03. The van der Waals surface area contributed by atoms with E-state index in [1.807, 2.05) is 30.3 Å². The number of pyridine rings is 1. The van der Waals surface area contributed by atoms with Gasteiger partial charge in [-0.2, -0.15) is 0 Å². The van der Waals surface area contributed by atoms with Crippen molar-refractivity contribution in [3.8, 4) is 11.5 Å². The topological polar surface area (TPSA) is 68.3 Å². The first-order chi connectivity index (χ1) is 8.53. The molecule has 0 saturated carbocycles. The van der Waals surface area contributed by atoms with Gasteiger partial charge in [-0.05, 0) is 24.3 Å². The van der Waals surface area contributed by atoms with E-state index in [0.717, 1.165) is 6.26 Å². The molecule has 0 saturated heterocycles. The molecule has 94 valence electrons. The number of nitrogens with zero attached hydrogens (tertiary/aromatic N) is 1. The molecular weight excluding hydrogens is 252 g/mol.